The fraction of sp³-hybridized carbons (Fsp3) is 0.333. The second-order valence-corrected chi connectivity index (χ2v) is 3.71. The highest BCUT2D eigenvalue weighted by Crippen LogP contribution is 2.33. The van der Waals surface area contributed by atoms with E-state index in [1.54, 1.807) is 0 Å². The third-order valence-electron chi connectivity index (χ3n) is 2.52. The summed E-state index contributed by atoms with van der Waals surface area (Å²) in [5.74, 6) is -3.88. The molecule has 1 N–H and O–H groups in total. The summed E-state index contributed by atoms with van der Waals surface area (Å²) < 4.78 is 38.0. The number of carbonyl (C=O) groups excluding carboxylic acids is 1. The fourth-order valence-corrected chi connectivity index (χ4v) is 1.61. The minimum Gasteiger partial charge on any atom is -0.481 e. The maximum absolute atomic E-state index is 12.7. The van der Waals surface area contributed by atoms with Crippen LogP contribution in [0.2, 0.25) is 0 Å². The number of carboxylic acid groups (broad SMARTS) is 1. The van der Waals surface area contributed by atoms with Crippen LogP contribution < -0.4 is 0 Å². The Labute approximate surface area is 101 Å². The van der Waals surface area contributed by atoms with Gasteiger partial charge < -0.3 is 5.11 Å². The van der Waals surface area contributed by atoms with Crippen molar-refractivity contribution in [2.75, 3.05) is 0 Å². The van der Waals surface area contributed by atoms with Gasteiger partial charge in [0.15, 0.2) is 5.78 Å². The van der Waals surface area contributed by atoms with Gasteiger partial charge in [-0.3, -0.25) is 9.59 Å². The van der Waals surface area contributed by atoms with Crippen LogP contribution in [0.15, 0.2) is 24.3 Å². The van der Waals surface area contributed by atoms with Crippen molar-refractivity contribution in [3.63, 3.8) is 0 Å². The van der Waals surface area contributed by atoms with E-state index in [1.165, 1.54) is 13.0 Å². The molecule has 1 aromatic carbocycles. The van der Waals surface area contributed by atoms with Crippen LogP contribution in [-0.2, 0) is 11.0 Å². The molecular formula is C12H11F3O3. The molecule has 0 heterocycles. The van der Waals surface area contributed by atoms with Crippen molar-refractivity contribution >= 4 is 11.8 Å². The van der Waals surface area contributed by atoms with Crippen molar-refractivity contribution in [2.24, 2.45) is 5.92 Å². The second-order valence-electron chi connectivity index (χ2n) is 3.71. The van der Waals surface area contributed by atoms with Crippen LogP contribution in [0.3, 0.4) is 0 Å². The number of rotatable bonds is 4. The van der Waals surface area contributed by atoms with E-state index >= 15 is 0 Å². The zero-order valence-electron chi connectivity index (χ0n) is 9.49. The summed E-state index contributed by atoms with van der Waals surface area (Å²) >= 11 is 0. The van der Waals surface area contributed by atoms with Gasteiger partial charge in [0.05, 0.1) is 5.56 Å². The predicted octanol–water partition coefficient (Wildman–Crippen LogP) is 3.00. The Kier molecular flexibility index (Phi) is 4.11. The normalized spacial score (nSPS) is 13.1. The standard InChI is InChI=1S/C12H11F3O3/c1-2-7(11(17)18)10(16)8-5-3-4-6-9(8)12(13,14)15/h3-7H,2H2,1H3,(H,17,18). The maximum atomic E-state index is 12.7. The first-order chi connectivity index (χ1) is 8.29. The second kappa shape index (κ2) is 5.20. The molecule has 0 amide bonds. The largest absolute Gasteiger partial charge is 0.481 e. The number of Topliss-reactive ketones (excluding diaryl/α,β-unsaturated/α-hetero) is 1. The molecule has 0 aliphatic rings. The van der Waals surface area contributed by atoms with Crippen LogP contribution in [-0.4, -0.2) is 16.9 Å². The molecular weight excluding hydrogens is 249 g/mol. The van der Waals surface area contributed by atoms with E-state index in [9.17, 15) is 22.8 Å². The molecule has 1 unspecified atom stereocenters. The van der Waals surface area contributed by atoms with Crippen molar-refractivity contribution < 1.29 is 27.9 Å². The highest BCUT2D eigenvalue weighted by molar-refractivity contribution is 6.09. The van der Waals surface area contributed by atoms with E-state index in [2.05, 4.69) is 0 Å². The summed E-state index contributed by atoms with van der Waals surface area (Å²) in [6, 6.07) is 4.19. The summed E-state index contributed by atoms with van der Waals surface area (Å²) in [5.41, 5.74) is -1.70. The van der Waals surface area contributed by atoms with Crippen molar-refractivity contribution in [1.82, 2.24) is 0 Å². The topological polar surface area (TPSA) is 54.4 Å². The average molecular weight is 260 g/mol. The molecule has 1 aromatic rings. The summed E-state index contributed by atoms with van der Waals surface area (Å²) in [5, 5.41) is 8.80. The number of aliphatic carboxylic acids is 1. The lowest BCUT2D eigenvalue weighted by atomic mass is 9.92. The molecule has 1 atom stereocenters. The first kappa shape index (κ1) is 14.2. The lowest BCUT2D eigenvalue weighted by Gasteiger charge is -2.14. The SMILES string of the molecule is CCC(C(=O)O)C(=O)c1ccccc1C(F)(F)F. The Morgan fingerprint density at radius 3 is 2.28 bits per heavy atom. The van der Waals surface area contributed by atoms with Crippen LogP contribution >= 0.6 is 0 Å². The third kappa shape index (κ3) is 2.88. The van der Waals surface area contributed by atoms with Crippen LogP contribution in [0.1, 0.15) is 29.3 Å². The van der Waals surface area contributed by atoms with Crippen molar-refractivity contribution in [1.29, 1.82) is 0 Å². The van der Waals surface area contributed by atoms with Crippen molar-refractivity contribution in [3.05, 3.63) is 35.4 Å². The molecule has 0 saturated carbocycles. The van der Waals surface area contributed by atoms with Crippen LogP contribution in [0, 0.1) is 5.92 Å². The number of hydrogen-bond acceptors (Lipinski definition) is 2. The van der Waals surface area contributed by atoms with Gasteiger partial charge in [0, 0.05) is 5.56 Å². The molecule has 0 spiro atoms. The van der Waals surface area contributed by atoms with Gasteiger partial charge in [-0.05, 0) is 12.5 Å². The number of hydrogen-bond donors (Lipinski definition) is 1. The molecule has 0 aromatic heterocycles. The number of benzene rings is 1. The van der Waals surface area contributed by atoms with E-state index in [4.69, 9.17) is 5.11 Å². The Morgan fingerprint density at radius 1 is 1.28 bits per heavy atom. The lowest BCUT2D eigenvalue weighted by Crippen LogP contribution is -2.25. The van der Waals surface area contributed by atoms with Gasteiger partial charge in [-0.2, -0.15) is 13.2 Å². The molecule has 18 heavy (non-hydrogen) atoms. The third-order valence-corrected chi connectivity index (χ3v) is 2.52. The predicted molar refractivity (Wildman–Crippen MR) is 57.2 cm³/mol. The Balaban J connectivity index is 3.25. The van der Waals surface area contributed by atoms with Crippen molar-refractivity contribution in [3.8, 4) is 0 Å². The van der Waals surface area contributed by atoms with E-state index in [0.29, 0.717) is 0 Å². The van der Waals surface area contributed by atoms with E-state index in [-0.39, 0.29) is 6.42 Å². The Hall–Kier alpha value is -1.85. The van der Waals surface area contributed by atoms with E-state index < -0.39 is 35.0 Å². The zero-order chi connectivity index (χ0) is 13.9. The van der Waals surface area contributed by atoms with Crippen molar-refractivity contribution in [2.45, 2.75) is 19.5 Å². The van der Waals surface area contributed by atoms with Gasteiger partial charge in [0.2, 0.25) is 0 Å². The van der Waals surface area contributed by atoms with Gasteiger partial charge in [-0.15, -0.1) is 0 Å². The summed E-state index contributed by atoms with van der Waals surface area (Å²) in [7, 11) is 0. The van der Waals surface area contributed by atoms with Crippen LogP contribution in [0.5, 0.6) is 0 Å². The van der Waals surface area contributed by atoms with Gasteiger partial charge in [0.25, 0.3) is 0 Å². The number of halogens is 3. The van der Waals surface area contributed by atoms with Crippen LogP contribution in [0.25, 0.3) is 0 Å². The summed E-state index contributed by atoms with van der Waals surface area (Å²) in [6.07, 6.45) is -4.73. The van der Waals surface area contributed by atoms with E-state index in [1.807, 2.05) is 0 Å². The number of alkyl halides is 3. The van der Waals surface area contributed by atoms with Gasteiger partial charge in [-0.1, -0.05) is 25.1 Å². The molecule has 0 radical (unpaired) electrons. The molecule has 0 aliphatic heterocycles. The molecule has 0 saturated heterocycles. The first-order valence-corrected chi connectivity index (χ1v) is 5.22. The quantitative estimate of drug-likeness (QED) is 0.668. The van der Waals surface area contributed by atoms with Gasteiger partial charge >= 0.3 is 12.1 Å². The maximum Gasteiger partial charge on any atom is 0.417 e. The lowest BCUT2D eigenvalue weighted by molar-refractivity contribution is -0.141. The molecule has 0 bridgehead atoms. The Bertz CT molecular complexity index is 466. The highest BCUT2D eigenvalue weighted by atomic mass is 19.4. The minimum atomic E-state index is -4.68. The zero-order valence-corrected chi connectivity index (χ0v) is 9.49. The molecule has 1 rings (SSSR count). The first-order valence-electron chi connectivity index (χ1n) is 5.22. The summed E-state index contributed by atoms with van der Waals surface area (Å²) in [6.45, 7) is 1.44. The average Bonchev–Trinajstić information content (AvgIpc) is 2.28. The molecule has 6 heteroatoms. The highest BCUT2D eigenvalue weighted by Gasteiger charge is 2.37. The fourth-order valence-electron chi connectivity index (χ4n) is 1.61. The summed E-state index contributed by atoms with van der Waals surface area (Å²) in [4.78, 5) is 22.6. The minimum absolute atomic E-state index is 0.0552. The molecule has 3 nitrogen and oxygen atoms in total. The van der Waals surface area contributed by atoms with Gasteiger partial charge in [-0.25, -0.2) is 0 Å². The number of carbonyl (C=O) groups is 2. The molecule has 98 valence electrons. The Morgan fingerprint density at radius 2 is 1.83 bits per heavy atom. The number of ketones is 1. The van der Waals surface area contributed by atoms with Crippen LogP contribution in [0.4, 0.5) is 13.2 Å². The molecule has 0 fully saturated rings. The monoisotopic (exact) mass is 260 g/mol. The van der Waals surface area contributed by atoms with Gasteiger partial charge in [0.1, 0.15) is 5.92 Å². The smallest absolute Gasteiger partial charge is 0.417 e. The number of carboxylic acids is 1. The van der Waals surface area contributed by atoms with E-state index in [0.717, 1.165) is 18.2 Å². The molecule has 0 aliphatic carbocycles.